The normalized spacial score (nSPS) is 11.4. The van der Waals surface area contributed by atoms with Crippen LogP contribution in [0, 0.1) is 0 Å². The van der Waals surface area contributed by atoms with E-state index in [1.165, 1.54) is 0 Å². The molecule has 1 aromatic rings. The van der Waals surface area contributed by atoms with Crippen molar-refractivity contribution in [3.8, 4) is 0 Å². The van der Waals surface area contributed by atoms with E-state index in [0.717, 1.165) is 5.56 Å². The van der Waals surface area contributed by atoms with Gasteiger partial charge >= 0.3 is 6.03 Å². The number of ether oxygens (including phenoxy) is 1. The van der Waals surface area contributed by atoms with E-state index >= 15 is 0 Å². The number of methoxy groups -OCH3 is 1. The first-order chi connectivity index (χ1) is 12.3. The number of hydrogen-bond acceptors (Lipinski definition) is 4. The van der Waals surface area contributed by atoms with E-state index in [4.69, 9.17) is 17.0 Å². The molecule has 1 rings (SSSR count). The number of hydrogen-bond donors (Lipinski definition) is 5. The molecule has 0 unspecified atom stereocenters. The minimum Gasteiger partial charge on any atom is -0.383 e. The van der Waals surface area contributed by atoms with Gasteiger partial charge in [-0.05, 0) is 50.7 Å². The van der Waals surface area contributed by atoms with Gasteiger partial charge in [0.05, 0.1) is 6.61 Å². The van der Waals surface area contributed by atoms with Crippen LogP contribution in [0.5, 0.6) is 0 Å². The van der Waals surface area contributed by atoms with Crippen LogP contribution in [0.2, 0.25) is 0 Å². The second-order valence-corrected chi connectivity index (χ2v) is 6.50. The van der Waals surface area contributed by atoms with Gasteiger partial charge in [0.15, 0.2) is 5.11 Å². The van der Waals surface area contributed by atoms with Gasteiger partial charge in [0, 0.05) is 31.3 Å². The van der Waals surface area contributed by atoms with Gasteiger partial charge in [-0.2, -0.15) is 0 Å². The monoisotopic (exact) mass is 381 g/mol. The highest BCUT2D eigenvalue weighted by Gasteiger charge is 2.08. The molecule has 0 fully saturated rings. The summed E-state index contributed by atoms with van der Waals surface area (Å²) in [5.74, 6) is -0.314. The van der Waals surface area contributed by atoms with Crippen LogP contribution in [0.3, 0.4) is 0 Å². The van der Waals surface area contributed by atoms with Crippen LogP contribution in [-0.4, -0.2) is 42.9 Å². The van der Waals surface area contributed by atoms with Gasteiger partial charge in [-0.3, -0.25) is 15.6 Å². The maximum Gasteiger partial charge on any atom is 0.315 e. The molecule has 1 aromatic carbocycles. The minimum atomic E-state index is -0.314. The molecule has 0 bridgehead atoms. The van der Waals surface area contributed by atoms with Crippen molar-refractivity contribution in [3.05, 3.63) is 35.4 Å². The minimum absolute atomic E-state index is 0.0246. The summed E-state index contributed by atoms with van der Waals surface area (Å²) in [6.07, 6.45) is 0. The maximum absolute atomic E-state index is 12.1. The van der Waals surface area contributed by atoms with E-state index < -0.39 is 0 Å². The second-order valence-electron chi connectivity index (χ2n) is 6.09. The van der Waals surface area contributed by atoms with Crippen LogP contribution in [0.1, 0.15) is 36.7 Å². The van der Waals surface area contributed by atoms with Gasteiger partial charge in [-0.25, -0.2) is 4.79 Å². The number of carbonyl (C=O) groups excluding carboxylic acids is 2. The van der Waals surface area contributed by atoms with Crippen LogP contribution >= 0.6 is 12.2 Å². The van der Waals surface area contributed by atoms with E-state index in [2.05, 4.69) is 26.8 Å². The van der Waals surface area contributed by atoms with E-state index in [1.807, 2.05) is 20.8 Å². The molecule has 0 saturated carbocycles. The van der Waals surface area contributed by atoms with Crippen LogP contribution in [-0.2, 0) is 11.3 Å². The van der Waals surface area contributed by atoms with E-state index in [-0.39, 0.29) is 24.0 Å². The van der Waals surface area contributed by atoms with Crippen molar-refractivity contribution < 1.29 is 14.3 Å². The zero-order valence-electron chi connectivity index (χ0n) is 15.5. The van der Waals surface area contributed by atoms with Crippen molar-refractivity contribution in [2.45, 2.75) is 39.4 Å². The average Bonchev–Trinajstić information content (AvgIpc) is 2.58. The fraction of sp³-hybridized carbons (Fsp3) is 0.471. The van der Waals surface area contributed by atoms with Crippen molar-refractivity contribution in [2.75, 3.05) is 13.7 Å². The van der Waals surface area contributed by atoms with Crippen molar-refractivity contribution in [1.82, 2.24) is 26.8 Å². The van der Waals surface area contributed by atoms with Gasteiger partial charge in [0.25, 0.3) is 5.91 Å². The predicted octanol–water partition coefficient (Wildman–Crippen LogP) is 1.04. The molecule has 0 spiro atoms. The lowest BCUT2D eigenvalue weighted by Crippen LogP contribution is -2.49. The fourth-order valence-corrected chi connectivity index (χ4v) is 2.26. The van der Waals surface area contributed by atoms with E-state index in [1.54, 1.807) is 31.4 Å². The molecule has 0 aliphatic carbocycles. The van der Waals surface area contributed by atoms with Crippen molar-refractivity contribution in [3.63, 3.8) is 0 Å². The quantitative estimate of drug-likeness (QED) is 0.357. The summed E-state index contributed by atoms with van der Waals surface area (Å²) in [6, 6.07) is 6.79. The number of thiocarbonyl (C=S) groups is 1. The molecule has 9 heteroatoms. The number of hydrazine groups is 1. The molecule has 0 radical (unpaired) electrons. The Hall–Kier alpha value is -2.39. The summed E-state index contributed by atoms with van der Waals surface area (Å²) < 4.78 is 5.00. The summed E-state index contributed by atoms with van der Waals surface area (Å²) >= 11 is 5.08. The number of rotatable bonds is 7. The lowest BCUT2D eigenvalue weighted by atomic mass is 10.1. The Morgan fingerprint density at radius 2 is 1.73 bits per heavy atom. The topological polar surface area (TPSA) is 104 Å². The Bertz CT molecular complexity index is 607. The highest BCUT2D eigenvalue weighted by molar-refractivity contribution is 7.80. The first-order valence-corrected chi connectivity index (χ1v) is 8.71. The zero-order valence-corrected chi connectivity index (χ0v) is 16.3. The summed E-state index contributed by atoms with van der Waals surface area (Å²) in [5, 5.41) is 8.77. The molecule has 144 valence electrons. The molecule has 26 heavy (non-hydrogen) atoms. The average molecular weight is 382 g/mol. The molecular formula is C17H27N5O3S. The van der Waals surface area contributed by atoms with Crippen LogP contribution in [0.15, 0.2) is 24.3 Å². The number of amides is 3. The van der Waals surface area contributed by atoms with Gasteiger partial charge in [0.1, 0.15) is 0 Å². The van der Waals surface area contributed by atoms with E-state index in [9.17, 15) is 9.59 Å². The Labute approximate surface area is 159 Å². The summed E-state index contributed by atoms with van der Waals surface area (Å²) in [6.45, 7) is 6.57. The molecule has 0 aliphatic rings. The van der Waals surface area contributed by atoms with Crippen molar-refractivity contribution in [2.24, 2.45) is 0 Å². The molecule has 0 saturated heterocycles. The molecule has 1 atom stereocenters. The Kier molecular flexibility index (Phi) is 9.38. The maximum atomic E-state index is 12.1. The first-order valence-electron chi connectivity index (χ1n) is 8.31. The predicted molar refractivity (Wildman–Crippen MR) is 105 cm³/mol. The number of nitrogens with one attached hydrogen (secondary N) is 5. The van der Waals surface area contributed by atoms with Crippen molar-refractivity contribution in [1.29, 1.82) is 0 Å². The van der Waals surface area contributed by atoms with Crippen LogP contribution in [0.25, 0.3) is 0 Å². The highest BCUT2D eigenvalue weighted by Crippen LogP contribution is 2.04. The van der Waals surface area contributed by atoms with Gasteiger partial charge in [-0.15, -0.1) is 0 Å². The molecule has 3 amide bonds. The van der Waals surface area contributed by atoms with Crippen LogP contribution < -0.4 is 26.8 Å². The van der Waals surface area contributed by atoms with Gasteiger partial charge in [-0.1, -0.05) is 12.1 Å². The van der Waals surface area contributed by atoms with Gasteiger partial charge in [0.2, 0.25) is 0 Å². The summed E-state index contributed by atoms with van der Waals surface area (Å²) in [4.78, 5) is 23.6. The van der Waals surface area contributed by atoms with Crippen LogP contribution in [0.4, 0.5) is 4.79 Å². The number of urea groups is 1. The van der Waals surface area contributed by atoms with E-state index in [0.29, 0.717) is 23.8 Å². The largest absolute Gasteiger partial charge is 0.383 e. The summed E-state index contributed by atoms with van der Waals surface area (Å²) in [7, 11) is 1.60. The number of benzene rings is 1. The fourth-order valence-electron chi connectivity index (χ4n) is 2.01. The highest BCUT2D eigenvalue weighted by atomic mass is 32.1. The lowest BCUT2D eigenvalue weighted by molar-refractivity contribution is 0.0943. The lowest BCUT2D eigenvalue weighted by Gasteiger charge is -2.16. The molecular weight excluding hydrogens is 354 g/mol. The third-order valence-electron chi connectivity index (χ3n) is 3.17. The third kappa shape index (κ3) is 8.63. The number of carbonyl (C=O) groups is 2. The molecule has 8 nitrogen and oxygen atoms in total. The first kappa shape index (κ1) is 21.7. The molecule has 0 heterocycles. The smallest absolute Gasteiger partial charge is 0.315 e. The van der Waals surface area contributed by atoms with Crippen molar-refractivity contribution >= 4 is 29.3 Å². The Balaban J connectivity index is 2.41. The Morgan fingerprint density at radius 1 is 1.08 bits per heavy atom. The SMILES string of the molecule is COC[C@H](C)NC(=S)NNC(=O)c1ccc(CNC(=O)NC(C)C)cc1. The molecule has 0 aliphatic heterocycles. The molecule has 0 aromatic heterocycles. The summed E-state index contributed by atoms with van der Waals surface area (Å²) in [5.41, 5.74) is 6.53. The third-order valence-corrected chi connectivity index (χ3v) is 3.39. The van der Waals surface area contributed by atoms with Gasteiger partial charge < -0.3 is 20.7 Å². The Morgan fingerprint density at radius 3 is 2.31 bits per heavy atom. The second kappa shape index (κ2) is 11.3. The zero-order chi connectivity index (χ0) is 19.5. The standard InChI is InChI=1S/C17H27N5O3S/c1-11(2)19-16(24)18-9-13-5-7-14(8-6-13)15(23)21-22-17(26)20-12(3)10-25-4/h5-8,11-12H,9-10H2,1-4H3,(H,21,23)(H2,18,19,24)(H2,20,22,26)/t12-/m0/s1. The molecule has 5 N–H and O–H groups in total.